The Morgan fingerprint density at radius 2 is 1.72 bits per heavy atom. The largest absolute Gasteiger partial charge is 0.309 e. The second-order valence-corrected chi connectivity index (χ2v) is 4.28. The summed E-state index contributed by atoms with van der Waals surface area (Å²) in [7, 11) is 1.80. The van der Waals surface area contributed by atoms with E-state index >= 15 is 0 Å². The number of aryl methyl sites for hydroxylation is 1. The van der Waals surface area contributed by atoms with Gasteiger partial charge in [-0.2, -0.15) is 0 Å². The number of hydrogen-bond donors (Lipinski definition) is 1. The van der Waals surface area contributed by atoms with Crippen LogP contribution >= 0.6 is 0 Å². The van der Waals surface area contributed by atoms with Crippen LogP contribution < -0.4 is 5.32 Å². The lowest BCUT2D eigenvalue weighted by molar-refractivity contribution is 0.611. The van der Waals surface area contributed by atoms with E-state index < -0.39 is 0 Å². The van der Waals surface area contributed by atoms with E-state index in [0.29, 0.717) is 0 Å². The maximum absolute atomic E-state index is 13.3. The molecule has 3 heteroatoms. The van der Waals surface area contributed by atoms with Crippen LogP contribution in [-0.4, -0.2) is 7.05 Å². The molecule has 0 fully saturated rings. The molecule has 2 aromatic rings. The van der Waals surface area contributed by atoms with E-state index in [1.807, 2.05) is 13.0 Å². The summed E-state index contributed by atoms with van der Waals surface area (Å²) in [6.07, 6.45) is 0. The van der Waals surface area contributed by atoms with Gasteiger partial charge in [0.2, 0.25) is 0 Å². The van der Waals surface area contributed by atoms with Crippen LogP contribution in [0.2, 0.25) is 0 Å². The molecule has 0 saturated carbocycles. The Balaban J connectivity index is 2.45. The fourth-order valence-corrected chi connectivity index (χ4v) is 2.15. The molecule has 1 N–H and O–H groups in total. The molecular formula is C15H15F2N. The van der Waals surface area contributed by atoms with Crippen molar-refractivity contribution in [1.82, 2.24) is 5.32 Å². The number of benzene rings is 2. The minimum absolute atomic E-state index is 0.138. The van der Waals surface area contributed by atoms with E-state index in [9.17, 15) is 8.78 Å². The van der Waals surface area contributed by atoms with Crippen molar-refractivity contribution in [2.75, 3.05) is 7.05 Å². The van der Waals surface area contributed by atoms with E-state index in [1.54, 1.807) is 19.2 Å². The molecule has 0 aliphatic rings. The average Bonchev–Trinajstić information content (AvgIpc) is 2.33. The molecule has 0 radical (unpaired) electrons. The fraction of sp³-hybridized carbons (Fsp3) is 0.200. The Morgan fingerprint density at radius 1 is 1.00 bits per heavy atom. The predicted octanol–water partition coefficient (Wildman–Crippen LogP) is 3.58. The highest BCUT2D eigenvalue weighted by Gasteiger charge is 2.14. The summed E-state index contributed by atoms with van der Waals surface area (Å²) in [4.78, 5) is 0. The highest BCUT2D eigenvalue weighted by molar-refractivity contribution is 5.37. The third-order valence-corrected chi connectivity index (χ3v) is 3.01. The quantitative estimate of drug-likeness (QED) is 0.874. The van der Waals surface area contributed by atoms with Crippen molar-refractivity contribution in [3.05, 3.63) is 70.8 Å². The van der Waals surface area contributed by atoms with Gasteiger partial charge in [0.15, 0.2) is 0 Å². The van der Waals surface area contributed by atoms with Crippen molar-refractivity contribution < 1.29 is 8.78 Å². The van der Waals surface area contributed by atoms with Gasteiger partial charge in [0, 0.05) is 0 Å². The van der Waals surface area contributed by atoms with Crippen LogP contribution in [0.4, 0.5) is 8.78 Å². The zero-order valence-electron chi connectivity index (χ0n) is 10.4. The normalized spacial score (nSPS) is 12.4. The minimum Gasteiger partial charge on any atom is -0.309 e. The van der Waals surface area contributed by atoms with E-state index in [-0.39, 0.29) is 17.7 Å². The molecule has 2 rings (SSSR count). The van der Waals surface area contributed by atoms with Crippen molar-refractivity contribution in [3.8, 4) is 0 Å². The molecule has 1 nitrogen and oxygen atoms in total. The summed E-state index contributed by atoms with van der Waals surface area (Å²) in [5.41, 5.74) is 2.62. The van der Waals surface area contributed by atoms with Gasteiger partial charge in [-0.3, -0.25) is 0 Å². The van der Waals surface area contributed by atoms with Gasteiger partial charge in [0.05, 0.1) is 6.04 Å². The van der Waals surface area contributed by atoms with Gasteiger partial charge in [-0.1, -0.05) is 18.2 Å². The summed E-state index contributed by atoms with van der Waals surface area (Å²) in [5, 5.41) is 3.13. The molecule has 1 atom stereocenters. The minimum atomic E-state index is -0.271. The van der Waals surface area contributed by atoms with Crippen molar-refractivity contribution in [2.45, 2.75) is 13.0 Å². The Labute approximate surface area is 105 Å². The van der Waals surface area contributed by atoms with Crippen molar-refractivity contribution >= 4 is 0 Å². The van der Waals surface area contributed by atoms with Gasteiger partial charge in [-0.15, -0.1) is 0 Å². The SMILES string of the molecule is CNC(c1cccc(F)c1)c1ccc(F)cc1C. The van der Waals surface area contributed by atoms with Crippen molar-refractivity contribution in [3.63, 3.8) is 0 Å². The molecule has 0 aliphatic carbocycles. The molecule has 94 valence electrons. The highest BCUT2D eigenvalue weighted by atomic mass is 19.1. The van der Waals surface area contributed by atoms with Crippen molar-refractivity contribution in [2.24, 2.45) is 0 Å². The van der Waals surface area contributed by atoms with E-state index in [4.69, 9.17) is 0 Å². The van der Waals surface area contributed by atoms with Crippen LogP contribution in [0.15, 0.2) is 42.5 Å². The molecule has 2 aromatic carbocycles. The zero-order valence-corrected chi connectivity index (χ0v) is 10.4. The van der Waals surface area contributed by atoms with Gasteiger partial charge in [0.1, 0.15) is 11.6 Å². The van der Waals surface area contributed by atoms with Crippen LogP contribution in [0.25, 0.3) is 0 Å². The maximum Gasteiger partial charge on any atom is 0.123 e. The lowest BCUT2D eigenvalue weighted by atomic mass is 9.95. The van der Waals surface area contributed by atoms with Crippen LogP contribution in [0.5, 0.6) is 0 Å². The average molecular weight is 247 g/mol. The van der Waals surface area contributed by atoms with Crippen LogP contribution in [0.1, 0.15) is 22.7 Å². The number of rotatable bonds is 3. The van der Waals surface area contributed by atoms with Gasteiger partial charge in [-0.05, 0) is 54.9 Å². The molecule has 1 unspecified atom stereocenters. The Bertz CT molecular complexity index is 552. The molecule has 0 amide bonds. The van der Waals surface area contributed by atoms with E-state index in [0.717, 1.165) is 16.7 Å². The number of hydrogen-bond acceptors (Lipinski definition) is 1. The van der Waals surface area contributed by atoms with Crippen molar-refractivity contribution in [1.29, 1.82) is 0 Å². The molecular weight excluding hydrogens is 232 g/mol. The summed E-state index contributed by atoms with van der Waals surface area (Å²) >= 11 is 0. The molecule has 18 heavy (non-hydrogen) atoms. The first-order valence-electron chi connectivity index (χ1n) is 5.80. The fourth-order valence-electron chi connectivity index (χ4n) is 2.15. The lowest BCUT2D eigenvalue weighted by Crippen LogP contribution is -2.18. The molecule has 0 spiro atoms. The van der Waals surface area contributed by atoms with Gasteiger partial charge in [0.25, 0.3) is 0 Å². The summed E-state index contributed by atoms with van der Waals surface area (Å²) in [5.74, 6) is -0.530. The smallest absolute Gasteiger partial charge is 0.123 e. The molecule has 0 aromatic heterocycles. The monoisotopic (exact) mass is 247 g/mol. The summed E-state index contributed by atoms with van der Waals surface area (Å²) in [6.45, 7) is 1.85. The third kappa shape index (κ3) is 2.57. The van der Waals surface area contributed by atoms with E-state index in [1.165, 1.54) is 24.3 Å². The maximum atomic E-state index is 13.3. The second kappa shape index (κ2) is 5.27. The standard InChI is InChI=1S/C15H15F2N/c1-10-8-13(17)6-7-14(10)15(18-2)11-4-3-5-12(16)9-11/h3-9,15,18H,1-2H3. The zero-order chi connectivity index (χ0) is 13.1. The molecule has 0 saturated heterocycles. The Morgan fingerprint density at radius 3 is 2.33 bits per heavy atom. The number of nitrogens with one attached hydrogen (secondary N) is 1. The second-order valence-electron chi connectivity index (χ2n) is 4.28. The summed E-state index contributed by atoms with van der Waals surface area (Å²) < 4.78 is 26.4. The Kier molecular flexibility index (Phi) is 3.72. The molecule has 0 heterocycles. The first kappa shape index (κ1) is 12.7. The van der Waals surface area contributed by atoms with Crippen LogP contribution in [-0.2, 0) is 0 Å². The predicted molar refractivity (Wildman–Crippen MR) is 68.4 cm³/mol. The van der Waals surface area contributed by atoms with Crippen LogP contribution in [0.3, 0.4) is 0 Å². The summed E-state index contributed by atoms with van der Waals surface area (Å²) in [6, 6.07) is 10.9. The molecule has 0 bridgehead atoms. The van der Waals surface area contributed by atoms with Crippen LogP contribution in [0, 0.1) is 18.6 Å². The highest BCUT2D eigenvalue weighted by Crippen LogP contribution is 2.25. The Hall–Kier alpha value is -1.74. The molecule has 0 aliphatic heterocycles. The van der Waals surface area contributed by atoms with E-state index in [2.05, 4.69) is 5.32 Å². The topological polar surface area (TPSA) is 12.0 Å². The van der Waals surface area contributed by atoms with Gasteiger partial charge in [-0.25, -0.2) is 8.78 Å². The van der Waals surface area contributed by atoms with Gasteiger partial charge < -0.3 is 5.32 Å². The first-order valence-corrected chi connectivity index (χ1v) is 5.80. The van der Waals surface area contributed by atoms with Gasteiger partial charge >= 0.3 is 0 Å². The lowest BCUT2D eigenvalue weighted by Gasteiger charge is -2.19. The number of halogens is 2. The third-order valence-electron chi connectivity index (χ3n) is 3.01. The first-order chi connectivity index (χ1) is 8.61.